The van der Waals surface area contributed by atoms with E-state index in [1.165, 1.54) is 12.8 Å². The summed E-state index contributed by atoms with van der Waals surface area (Å²) in [5.41, 5.74) is 0.528. The summed E-state index contributed by atoms with van der Waals surface area (Å²) in [7, 11) is 0. The first-order chi connectivity index (χ1) is 8.36. The average molecular weight is 250 g/mol. The molecule has 0 aromatic carbocycles. The minimum atomic E-state index is -0.903. The molecule has 0 aromatic heterocycles. The Kier molecular flexibility index (Phi) is 3.35. The van der Waals surface area contributed by atoms with Crippen LogP contribution in [0.1, 0.15) is 46.5 Å². The Balaban J connectivity index is 2.39. The number of aliphatic carboxylic acids is 1. The molecular weight excluding hydrogens is 228 g/mol. The highest BCUT2D eigenvalue weighted by Gasteiger charge is 2.45. The largest absolute Gasteiger partial charge is 0.481 e. The first kappa shape index (κ1) is 13.3. The highest BCUT2D eigenvalue weighted by atomic mass is 16.4. The molecule has 18 heavy (non-hydrogen) atoms. The fourth-order valence-electron chi connectivity index (χ4n) is 3.53. The third-order valence-corrected chi connectivity index (χ3v) is 5.19. The van der Waals surface area contributed by atoms with Gasteiger partial charge in [-0.25, -0.2) is 0 Å². The van der Waals surface area contributed by atoms with Gasteiger partial charge in [0.2, 0.25) is 0 Å². The molecule has 2 aliphatic carbocycles. The molecule has 1 saturated carbocycles. The summed E-state index contributed by atoms with van der Waals surface area (Å²) in [6.07, 6.45) is 5.98. The number of Topliss-reactive ketones (excluding diaryl/α,β-unsaturated/α-hetero) is 1. The number of ketones is 1. The van der Waals surface area contributed by atoms with Crippen LogP contribution in [0.2, 0.25) is 0 Å². The molecule has 100 valence electrons. The van der Waals surface area contributed by atoms with Crippen LogP contribution in [0.4, 0.5) is 0 Å². The molecule has 0 amide bonds. The number of carbonyl (C=O) groups is 2. The van der Waals surface area contributed by atoms with Crippen LogP contribution in [-0.2, 0) is 9.59 Å². The van der Waals surface area contributed by atoms with Crippen molar-refractivity contribution in [3.05, 3.63) is 11.6 Å². The van der Waals surface area contributed by atoms with Crippen LogP contribution < -0.4 is 0 Å². The highest BCUT2D eigenvalue weighted by Crippen LogP contribution is 2.51. The molecule has 3 nitrogen and oxygen atoms in total. The maximum absolute atomic E-state index is 12.1. The van der Waals surface area contributed by atoms with Crippen molar-refractivity contribution in [1.82, 2.24) is 0 Å². The second-order valence-corrected chi connectivity index (χ2v) is 6.18. The van der Waals surface area contributed by atoms with Crippen LogP contribution in [0.3, 0.4) is 0 Å². The molecule has 4 unspecified atom stereocenters. The van der Waals surface area contributed by atoms with Gasteiger partial charge in [0.1, 0.15) is 0 Å². The van der Waals surface area contributed by atoms with Crippen LogP contribution in [0.15, 0.2) is 11.6 Å². The molecule has 1 N–H and O–H groups in total. The zero-order valence-corrected chi connectivity index (χ0v) is 11.4. The zero-order valence-electron chi connectivity index (χ0n) is 11.4. The molecule has 0 heterocycles. The predicted octanol–water partition coefficient (Wildman–Crippen LogP) is 3.05. The molecule has 0 aromatic rings. The van der Waals surface area contributed by atoms with E-state index in [1.54, 1.807) is 6.92 Å². The van der Waals surface area contributed by atoms with Crippen LogP contribution in [0.5, 0.6) is 0 Å². The number of hydrogen-bond acceptors (Lipinski definition) is 2. The van der Waals surface area contributed by atoms with Gasteiger partial charge >= 0.3 is 5.97 Å². The fourth-order valence-corrected chi connectivity index (χ4v) is 3.53. The Labute approximate surface area is 108 Å². The van der Waals surface area contributed by atoms with Gasteiger partial charge < -0.3 is 5.11 Å². The van der Waals surface area contributed by atoms with E-state index in [-0.39, 0.29) is 11.2 Å². The monoisotopic (exact) mass is 250 g/mol. The molecule has 2 rings (SSSR count). The minimum Gasteiger partial charge on any atom is -0.481 e. The molecule has 4 atom stereocenters. The number of carboxylic acids is 1. The highest BCUT2D eigenvalue weighted by molar-refractivity contribution is 6.01. The number of carboxylic acid groups (broad SMARTS) is 1. The summed E-state index contributed by atoms with van der Waals surface area (Å²) in [6.45, 7) is 6.03. The second kappa shape index (κ2) is 4.52. The van der Waals surface area contributed by atoms with Gasteiger partial charge in [0.25, 0.3) is 0 Å². The molecule has 0 bridgehead atoms. The first-order valence-corrected chi connectivity index (χ1v) is 6.85. The molecule has 2 aliphatic rings. The standard InChI is InChI=1S/C15H22O3/c1-9-5-4-6-11-7-13(16)12(8-15(9,11)3)10(2)14(17)18/h8-11H,4-7H2,1-3H3,(H,17,18). The summed E-state index contributed by atoms with van der Waals surface area (Å²) in [5, 5.41) is 9.10. The van der Waals surface area contributed by atoms with E-state index in [0.717, 1.165) is 6.42 Å². The average Bonchev–Trinajstić information content (AvgIpc) is 2.30. The fraction of sp³-hybridized carbons (Fsp3) is 0.733. The number of hydrogen-bond donors (Lipinski definition) is 1. The number of rotatable bonds is 2. The van der Waals surface area contributed by atoms with Crippen molar-refractivity contribution < 1.29 is 14.7 Å². The van der Waals surface area contributed by atoms with Gasteiger partial charge in [-0.15, -0.1) is 0 Å². The molecule has 0 radical (unpaired) electrons. The van der Waals surface area contributed by atoms with Gasteiger partial charge in [-0.05, 0) is 37.0 Å². The minimum absolute atomic E-state index is 0.00516. The lowest BCUT2D eigenvalue weighted by atomic mass is 9.56. The second-order valence-electron chi connectivity index (χ2n) is 6.18. The Morgan fingerprint density at radius 3 is 2.78 bits per heavy atom. The normalized spacial score (nSPS) is 37.7. The van der Waals surface area contributed by atoms with Gasteiger partial charge in [-0.2, -0.15) is 0 Å². The SMILES string of the molecule is CC(C(=O)O)C1=CC2(C)C(C)CCCC2CC1=O. The van der Waals surface area contributed by atoms with Gasteiger partial charge in [0, 0.05) is 12.0 Å². The lowest BCUT2D eigenvalue weighted by molar-refractivity contribution is -0.141. The quantitative estimate of drug-likeness (QED) is 0.819. The molecule has 3 heteroatoms. The third-order valence-electron chi connectivity index (χ3n) is 5.19. The Hall–Kier alpha value is -1.12. The summed E-state index contributed by atoms with van der Waals surface area (Å²) < 4.78 is 0. The van der Waals surface area contributed by atoms with Gasteiger partial charge in [-0.1, -0.05) is 26.3 Å². The van der Waals surface area contributed by atoms with E-state index in [2.05, 4.69) is 13.8 Å². The van der Waals surface area contributed by atoms with Crippen molar-refractivity contribution in [1.29, 1.82) is 0 Å². The van der Waals surface area contributed by atoms with Crippen molar-refractivity contribution in [2.24, 2.45) is 23.2 Å². The van der Waals surface area contributed by atoms with Crippen molar-refractivity contribution in [2.75, 3.05) is 0 Å². The maximum Gasteiger partial charge on any atom is 0.310 e. The Morgan fingerprint density at radius 1 is 1.50 bits per heavy atom. The summed E-state index contributed by atoms with van der Waals surface area (Å²) >= 11 is 0. The number of allylic oxidation sites excluding steroid dienone is 1. The predicted molar refractivity (Wildman–Crippen MR) is 69.1 cm³/mol. The van der Waals surface area contributed by atoms with Crippen molar-refractivity contribution in [2.45, 2.75) is 46.5 Å². The van der Waals surface area contributed by atoms with Crippen LogP contribution in [0, 0.1) is 23.2 Å². The smallest absolute Gasteiger partial charge is 0.310 e. The molecule has 1 fully saturated rings. The van der Waals surface area contributed by atoms with E-state index in [0.29, 0.717) is 23.8 Å². The zero-order chi connectivity index (χ0) is 13.5. The van der Waals surface area contributed by atoms with Crippen LogP contribution in [-0.4, -0.2) is 16.9 Å². The summed E-state index contributed by atoms with van der Waals surface area (Å²) in [4.78, 5) is 23.2. The van der Waals surface area contributed by atoms with E-state index < -0.39 is 11.9 Å². The first-order valence-electron chi connectivity index (χ1n) is 6.85. The van der Waals surface area contributed by atoms with Crippen LogP contribution in [0.25, 0.3) is 0 Å². The molecular formula is C15H22O3. The van der Waals surface area contributed by atoms with Gasteiger partial charge in [0.15, 0.2) is 5.78 Å². The van der Waals surface area contributed by atoms with Crippen molar-refractivity contribution in [3.63, 3.8) is 0 Å². The number of carbonyl (C=O) groups excluding carboxylic acids is 1. The summed E-state index contributed by atoms with van der Waals surface area (Å²) in [6, 6.07) is 0. The Bertz CT molecular complexity index is 410. The van der Waals surface area contributed by atoms with Gasteiger partial charge in [-0.3, -0.25) is 9.59 Å². The molecule has 0 saturated heterocycles. The van der Waals surface area contributed by atoms with E-state index in [4.69, 9.17) is 5.11 Å². The van der Waals surface area contributed by atoms with Gasteiger partial charge in [0.05, 0.1) is 5.92 Å². The van der Waals surface area contributed by atoms with E-state index in [1.807, 2.05) is 6.08 Å². The topological polar surface area (TPSA) is 54.4 Å². The summed E-state index contributed by atoms with van der Waals surface area (Å²) in [5.74, 6) is -0.607. The van der Waals surface area contributed by atoms with E-state index >= 15 is 0 Å². The van der Waals surface area contributed by atoms with E-state index in [9.17, 15) is 9.59 Å². The number of fused-ring (bicyclic) bond motifs is 1. The Morgan fingerprint density at radius 2 is 2.17 bits per heavy atom. The maximum atomic E-state index is 12.1. The molecule has 0 spiro atoms. The third kappa shape index (κ3) is 2.00. The lowest BCUT2D eigenvalue weighted by Gasteiger charge is -2.47. The molecule has 0 aliphatic heterocycles. The lowest BCUT2D eigenvalue weighted by Crippen LogP contribution is -2.42. The van der Waals surface area contributed by atoms with Crippen molar-refractivity contribution >= 4 is 11.8 Å². The van der Waals surface area contributed by atoms with Crippen molar-refractivity contribution in [3.8, 4) is 0 Å². The van der Waals surface area contributed by atoms with Crippen LogP contribution >= 0.6 is 0 Å².